The Kier molecular flexibility index (Phi) is 3.60. The average Bonchev–Trinajstić information content (AvgIpc) is 2.28. The second-order valence-corrected chi connectivity index (χ2v) is 6.31. The van der Waals surface area contributed by atoms with E-state index in [9.17, 15) is 4.79 Å². The molecule has 0 aliphatic heterocycles. The molecular formula is C15H24N2O. The zero-order chi connectivity index (χ0) is 13.3. The molecule has 0 radical (unpaired) electrons. The van der Waals surface area contributed by atoms with Crippen molar-refractivity contribution in [2.45, 2.75) is 65.7 Å². The molecule has 1 aliphatic rings. The quantitative estimate of drug-likeness (QED) is 0.872. The van der Waals surface area contributed by atoms with E-state index in [0.717, 1.165) is 36.3 Å². The van der Waals surface area contributed by atoms with Crippen molar-refractivity contribution >= 4 is 0 Å². The van der Waals surface area contributed by atoms with Crippen LogP contribution in [-0.2, 0) is 6.42 Å². The number of nitrogens with one attached hydrogen (secondary N) is 1. The first-order chi connectivity index (χ1) is 8.43. The van der Waals surface area contributed by atoms with Gasteiger partial charge in [0.15, 0.2) is 0 Å². The van der Waals surface area contributed by atoms with Crippen molar-refractivity contribution in [3.63, 3.8) is 0 Å². The molecule has 1 aromatic heterocycles. The molecule has 100 valence electrons. The maximum atomic E-state index is 12.0. The van der Waals surface area contributed by atoms with Gasteiger partial charge in [-0.1, -0.05) is 20.8 Å². The third kappa shape index (κ3) is 2.65. The van der Waals surface area contributed by atoms with Gasteiger partial charge in [0.05, 0.1) is 0 Å². The minimum Gasteiger partial charge on any atom is -0.310 e. The number of aromatic nitrogens is 2. The Morgan fingerprint density at radius 2 is 1.94 bits per heavy atom. The van der Waals surface area contributed by atoms with E-state index in [1.54, 1.807) is 0 Å². The van der Waals surface area contributed by atoms with Crippen LogP contribution in [0.5, 0.6) is 0 Å². The van der Waals surface area contributed by atoms with Gasteiger partial charge in [-0.15, -0.1) is 0 Å². The SMILES string of the molecule is CCc1c(C)nc(C2CCC(C)(C)CC2)[nH]c1=O. The predicted molar refractivity (Wildman–Crippen MR) is 74.0 cm³/mol. The molecule has 2 rings (SSSR count). The van der Waals surface area contributed by atoms with Crippen LogP contribution >= 0.6 is 0 Å². The summed E-state index contributed by atoms with van der Waals surface area (Å²) in [6.45, 7) is 8.60. The number of aromatic amines is 1. The molecular weight excluding hydrogens is 224 g/mol. The Labute approximate surface area is 109 Å². The number of hydrogen-bond acceptors (Lipinski definition) is 2. The van der Waals surface area contributed by atoms with Gasteiger partial charge in [-0.3, -0.25) is 4.79 Å². The molecule has 1 fully saturated rings. The number of rotatable bonds is 2. The Balaban J connectivity index is 2.23. The van der Waals surface area contributed by atoms with Crippen molar-refractivity contribution in [1.82, 2.24) is 9.97 Å². The van der Waals surface area contributed by atoms with Gasteiger partial charge in [0, 0.05) is 17.2 Å². The van der Waals surface area contributed by atoms with Crippen LogP contribution < -0.4 is 5.56 Å². The van der Waals surface area contributed by atoms with Crippen molar-refractivity contribution in [2.75, 3.05) is 0 Å². The maximum absolute atomic E-state index is 12.0. The number of nitrogens with zero attached hydrogens (tertiary/aromatic N) is 1. The molecule has 0 saturated heterocycles. The molecule has 0 unspecified atom stereocenters. The summed E-state index contributed by atoms with van der Waals surface area (Å²) >= 11 is 0. The van der Waals surface area contributed by atoms with Crippen molar-refractivity contribution in [1.29, 1.82) is 0 Å². The van der Waals surface area contributed by atoms with Gasteiger partial charge >= 0.3 is 0 Å². The number of hydrogen-bond donors (Lipinski definition) is 1. The first-order valence-electron chi connectivity index (χ1n) is 7.02. The Bertz CT molecular complexity index is 478. The van der Waals surface area contributed by atoms with Gasteiger partial charge in [0.1, 0.15) is 5.82 Å². The summed E-state index contributed by atoms with van der Waals surface area (Å²) in [7, 11) is 0. The molecule has 18 heavy (non-hydrogen) atoms. The average molecular weight is 248 g/mol. The lowest BCUT2D eigenvalue weighted by Crippen LogP contribution is -2.25. The van der Waals surface area contributed by atoms with Gasteiger partial charge in [-0.05, 0) is 44.4 Å². The largest absolute Gasteiger partial charge is 0.310 e. The summed E-state index contributed by atoms with van der Waals surface area (Å²) in [6.07, 6.45) is 5.47. The van der Waals surface area contributed by atoms with Gasteiger partial charge in [0.25, 0.3) is 5.56 Å². The van der Waals surface area contributed by atoms with E-state index in [0.29, 0.717) is 11.3 Å². The molecule has 0 amide bonds. The minimum atomic E-state index is 0.0600. The van der Waals surface area contributed by atoms with Gasteiger partial charge in [-0.2, -0.15) is 0 Å². The van der Waals surface area contributed by atoms with Crippen molar-refractivity contribution in [3.8, 4) is 0 Å². The molecule has 1 saturated carbocycles. The van der Waals surface area contributed by atoms with Gasteiger partial charge in [-0.25, -0.2) is 4.98 Å². The van der Waals surface area contributed by atoms with Crippen LogP contribution in [-0.4, -0.2) is 9.97 Å². The molecule has 0 spiro atoms. The van der Waals surface area contributed by atoms with Crippen LogP contribution in [0, 0.1) is 12.3 Å². The zero-order valence-electron chi connectivity index (χ0n) is 12.0. The van der Waals surface area contributed by atoms with E-state index in [1.165, 1.54) is 12.8 Å². The highest BCUT2D eigenvalue weighted by Gasteiger charge is 2.29. The van der Waals surface area contributed by atoms with Gasteiger partial charge in [0.2, 0.25) is 0 Å². The minimum absolute atomic E-state index is 0.0600. The highest BCUT2D eigenvalue weighted by molar-refractivity contribution is 5.17. The van der Waals surface area contributed by atoms with Crippen LogP contribution in [0.4, 0.5) is 0 Å². The van der Waals surface area contributed by atoms with Crippen LogP contribution in [0.15, 0.2) is 4.79 Å². The van der Waals surface area contributed by atoms with Gasteiger partial charge < -0.3 is 4.98 Å². The summed E-state index contributed by atoms with van der Waals surface area (Å²) in [5, 5.41) is 0. The number of aryl methyl sites for hydroxylation is 1. The van der Waals surface area contributed by atoms with Crippen molar-refractivity contribution in [2.24, 2.45) is 5.41 Å². The van der Waals surface area contributed by atoms with E-state index >= 15 is 0 Å². The standard InChI is InChI=1S/C15H24N2O/c1-5-12-10(2)16-13(17-14(12)18)11-6-8-15(3,4)9-7-11/h11H,5-9H2,1-4H3,(H,16,17,18). The molecule has 3 nitrogen and oxygen atoms in total. The smallest absolute Gasteiger partial charge is 0.254 e. The van der Waals surface area contributed by atoms with Crippen molar-refractivity contribution in [3.05, 3.63) is 27.4 Å². The Morgan fingerprint density at radius 1 is 1.33 bits per heavy atom. The first kappa shape index (κ1) is 13.3. The fourth-order valence-corrected chi connectivity index (χ4v) is 2.91. The summed E-state index contributed by atoms with van der Waals surface area (Å²) in [6, 6.07) is 0. The highest BCUT2D eigenvalue weighted by Crippen LogP contribution is 2.41. The van der Waals surface area contributed by atoms with Crippen molar-refractivity contribution < 1.29 is 0 Å². The van der Waals surface area contributed by atoms with Crippen LogP contribution in [0.3, 0.4) is 0 Å². The monoisotopic (exact) mass is 248 g/mol. The maximum Gasteiger partial charge on any atom is 0.254 e. The molecule has 3 heteroatoms. The van der Waals surface area contributed by atoms with Crippen LogP contribution in [0.2, 0.25) is 0 Å². The molecule has 0 aromatic carbocycles. The first-order valence-corrected chi connectivity index (χ1v) is 7.02. The molecule has 1 heterocycles. The molecule has 1 aromatic rings. The summed E-state index contributed by atoms with van der Waals surface area (Å²) in [5.41, 5.74) is 2.25. The topological polar surface area (TPSA) is 45.8 Å². The van der Waals surface area contributed by atoms with E-state index in [-0.39, 0.29) is 5.56 Å². The summed E-state index contributed by atoms with van der Waals surface area (Å²) < 4.78 is 0. The van der Waals surface area contributed by atoms with E-state index < -0.39 is 0 Å². The molecule has 1 aliphatic carbocycles. The summed E-state index contributed by atoms with van der Waals surface area (Å²) in [4.78, 5) is 19.6. The second kappa shape index (κ2) is 4.87. The normalized spacial score (nSPS) is 20.0. The number of H-pyrrole nitrogens is 1. The molecule has 1 N–H and O–H groups in total. The fourth-order valence-electron chi connectivity index (χ4n) is 2.91. The fraction of sp³-hybridized carbons (Fsp3) is 0.733. The van der Waals surface area contributed by atoms with E-state index in [1.807, 2.05) is 13.8 Å². The lowest BCUT2D eigenvalue weighted by Gasteiger charge is -2.33. The van der Waals surface area contributed by atoms with Crippen LogP contribution in [0.25, 0.3) is 0 Å². The zero-order valence-corrected chi connectivity index (χ0v) is 12.0. The highest BCUT2D eigenvalue weighted by atomic mass is 16.1. The van der Waals surface area contributed by atoms with E-state index in [4.69, 9.17) is 0 Å². The Hall–Kier alpha value is -1.12. The van der Waals surface area contributed by atoms with E-state index in [2.05, 4.69) is 23.8 Å². The third-order valence-corrected chi connectivity index (χ3v) is 4.32. The second-order valence-electron chi connectivity index (χ2n) is 6.31. The molecule has 0 atom stereocenters. The van der Waals surface area contributed by atoms with Crippen LogP contribution in [0.1, 0.15) is 69.5 Å². The lowest BCUT2D eigenvalue weighted by molar-refractivity contribution is 0.220. The third-order valence-electron chi connectivity index (χ3n) is 4.32. The molecule has 0 bridgehead atoms. The Morgan fingerprint density at radius 3 is 2.44 bits per heavy atom. The lowest BCUT2D eigenvalue weighted by atomic mass is 9.73. The predicted octanol–water partition coefficient (Wildman–Crippen LogP) is 3.32. The summed E-state index contributed by atoms with van der Waals surface area (Å²) in [5.74, 6) is 1.35.